The zero-order valence-corrected chi connectivity index (χ0v) is 14.3. The summed E-state index contributed by atoms with van der Waals surface area (Å²) in [5.74, 6) is -0.00561. The second-order valence-electron chi connectivity index (χ2n) is 6.70. The molecule has 3 rings (SSSR count). The molecule has 3 amide bonds. The van der Waals surface area contributed by atoms with E-state index in [0.29, 0.717) is 0 Å². The molecule has 0 bridgehead atoms. The van der Waals surface area contributed by atoms with Crippen molar-refractivity contribution in [2.45, 2.75) is 31.8 Å². The summed E-state index contributed by atoms with van der Waals surface area (Å²) in [6.07, 6.45) is 1.97. The molecule has 0 saturated carbocycles. The highest BCUT2D eigenvalue weighted by molar-refractivity contribution is 6.30. The number of urea groups is 1. The summed E-state index contributed by atoms with van der Waals surface area (Å²) in [4.78, 5) is 27.8. The number of rotatable bonds is 3. The number of nitrogens with one attached hydrogen (secondary N) is 1. The van der Waals surface area contributed by atoms with Gasteiger partial charge in [0.25, 0.3) is 5.91 Å². The van der Waals surface area contributed by atoms with Crippen molar-refractivity contribution in [3.8, 4) is 0 Å². The van der Waals surface area contributed by atoms with Gasteiger partial charge in [0, 0.05) is 31.1 Å². The normalized spacial score (nSPS) is 29.0. The first-order valence-corrected chi connectivity index (χ1v) is 8.35. The molecular weight excluding hydrogens is 314 g/mol. The summed E-state index contributed by atoms with van der Waals surface area (Å²) in [5, 5.41) is 3.62. The zero-order chi connectivity index (χ0) is 16.6. The minimum atomic E-state index is -0.793. The molecule has 2 fully saturated rings. The van der Waals surface area contributed by atoms with Crippen molar-refractivity contribution < 1.29 is 9.59 Å². The number of nitrogens with zero attached hydrogens (tertiary/aromatic N) is 2. The van der Waals surface area contributed by atoms with Crippen molar-refractivity contribution in [1.29, 1.82) is 0 Å². The molecule has 0 spiro atoms. The minimum Gasteiger partial charge on any atom is -0.323 e. The highest BCUT2D eigenvalue weighted by Crippen LogP contribution is 2.32. The van der Waals surface area contributed by atoms with Crippen LogP contribution < -0.4 is 5.32 Å². The summed E-state index contributed by atoms with van der Waals surface area (Å²) >= 11 is 6.05. The van der Waals surface area contributed by atoms with E-state index in [9.17, 15) is 9.59 Å². The molecular formula is C17H22ClN3O2. The number of amides is 3. The van der Waals surface area contributed by atoms with Gasteiger partial charge < -0.3 is 5.32 Å². The van der Waals surface area contributed by atoms with Crippen LogP contribution in [0.4, 0.5) is 4.79 Å². The molecule has 6 heteroatoms. The van der Waals surface area contributed by atoms with E-state index in [1.807, 2.05) is 25.1 Å². The first-order valence-electron chi connectivity index (χ1n) is 7.97. The van der Waals surface area contributed by atoms with E-state index < -0.39 is 5.54 Å². The lowest BCUT2D eigenvalue weighted by Crippen LogP contribution is -2.55. The molecule has 2 saturated heterocycles. The summed E-state index contributed by atoms with van der Waals surface area (Å²) in [6.45, 7) is 4.45. The van der Waals surface area contributed by atoms with Gasteiger partial charge in [0.1, 0.15) is 5.54 Å². The van der Waals surface area contributed by atoms with Crippen molar-refractivity contribution in [3.63, 3.8) is 0 Å². The van der Waals surface area contributed by atoms with Crippen LogP contribution in [-0.4, -0.2) is 47.4 Å². The molecule has 5 nitrogen and oxygen atoms in total. The summed E-state index contributed by atoms with van der Waals surface area (Å²) in [6, 6.07) is 7.56. The molecule has 0 aromatic heterocycles. The lowest BCUT2D eigenvalue weighted by atomic mass is 9.80. The van der Waals surface area contributed by atoms with E-state index in [1.54, 1.807) is 0 Å². The van der Waals surface area contributed by atoms with Crippen molar-refractivity contribution in [2.24, 2.45) is 5.92 Å². The van der Waals surface area contributed by atoms with Gasteiger partial charge in [-0.05, 0) is 44.0 Å². The van der Waals surface area contributed by atoms with Crippen LogP contribution in [-0.2, 0) is 11.3 Å². The van der Waals surface area contributed by atoms with Gasteiger partial charge >= 0.3 is 6.03 Å². The minimum absolute atomic E-state index is 0.122. The molecule has 2 aliphatic rings. The zero-order valence-electron chi connectivity index (χ0n) is 13.5. The fourth-order valence-electron chi connectivity index (χ4n) is 3.64. The summed E-state index contributed by atoms with van der Waals surface area (Å²) in [7, 11) is 1.54. The molecule has 1 aromatic rings. The highest BCUT2D eigenvalue weighted by Gasteiger charge is 2.51. The van der Waals surface area contributed by atoms with Crippen molar-refractivity contribution in [1.82, 2.24) is 15.1 Å². The van der Waals surface area contributed by atoms with E-state index in [4.69, 9.17) is 11.6 Å². The molecule has 2 unspecified atom stereocenters. The van der Waals surface area contributed by atoms with Gasteiger partial charge in [0.05, 0.1) is 0 Å². The van der Waals surface area contributed by atoms with Crippen LogP contribution in [0.5, 0.6) is 0 Å². The molecule has 2 aliphatic heterocycles. The number of likely N-dealkylation sites (tertiary alicyclic amines) is 1. The topological polar surface area (TPSA) is 52.7 Å². The molecule has 0 radical (unpaired) electrons. The van der Waals surface area contributed by atoms with Gasteiger partial charge in [-0.25, -0.2) is 4.79 Å². The largest absolute Gasteiger partial charge is 0.324 e. The van der Waals surface area contributed by atoms with Crippen LogP contribution >= 0.6 is 11.6 Å². The number of benzene rings is 1. The molecule has 124 valence electrons. The smallest absolute Gasteiger partial charge is 0.323 e. The molecule has 1 N–H and O–H groups in total. The lowest BCUT2D eigenvalue weighted by molar-refractivity contribution is -0.132. The van der Waals surface area contributed by atoms with Crippen LogP contribution in [0.25, 0.3) is 0 Å². The van der Waals surface area contributed by atoms with Gasteiger partial charge in [0.2, 0.25) is 0 Å². The number of hydrogen-bond acceptors (Lipinski definition) is 3. The van der Waals surface area contributed by atoms with E-state index in [-0.39, 0.29) is 17.9 Å². The molecule has 23 heavy (non-hydrogen) atoms. The Labute approximate surface area is 141 Å². The molecule has 1 aromatic carbocycles. The summed E-state index contributed by atoms with van der Waals surface area (Å²) in [5.41, 5.74) is 0.376. The van der Waals surface area contributed by atoms with E-state index in [1.165, 1.54) is 17.5 Å². The maximum absolute atomic E-state index is 12.5. The second kappa shape index (κ2) is 6.13. The van der Waals surface area contributed by atoms with Crippen LogP contribution in [0.2, 0.25) is 5.02 Å². The maximum atomic E-state index is 12.5. The third kappa shape index (κ3) is 3.08. The average molecular weight is 336 g/mol. The van der Waals surface area contributed by atoms with Crippen molar-refractivity contribution in [3.05, 3.63) is 34.9 Å². The first-order chi connectivity index (χ1) is 10.9. The van der Waals surface area contributed by atoms with Crippen LogP contribution in [0.15, 0.2) is 24.3 Å². The quantitative estimate of drug-likeness (QED) is 0.863. The highest BCUT2D eigenvalue weighted by atomic mass is 35.5. The van der Waals surface area contributed by atoms with Gasteiger partial charge in [-0.2, -0.15) is 0 Å². The Morgan fingerprint density at radius 1 is 1.39 bits per heavy atom. The Morgan fingerprint density at radius 2 is 2.17 bits per heavy atom. The Kier molecular flexibility index (Phi) is 4.34. The Hall–Kier alpha value is -1.59. The third-order valence-corrected chi connectivity index (χ3v) is 5.27. The van der Waals surface area contributed by atoms with Crippen LogP contribution in [0, 0.1) is 5.92 Å². The predicted molar refractivity (Wildman–Crippen MR) is 89.2 cm³/mol. The number of piperidine rings is 1. The van der Waals surface area contributed by atoms with E-state index in [2.05, 4.69) is 16.3 Å². The lowest BCUT2D eigenvalue weighted by Gasteiger charge is -2.39. The Morgan fingerprint density at radius 3 is 2.83 bits per heavy atom. The Balaban J connectivity index is 1.71. The Bertz CT molecular complexity index is 636. The molecule has 2 heterocycles. The number of imide groups is 1. The van der Waals surface area contributed by atoms with Gasteiger partial charge in [-0.3, -0.25) is 14.6 Å². The van der Waals surface area contributed by atoms with Crippen molar-refractivity contribution in [2.75, 3.05) is 20.1 Å². The second-order valence-corrected chi connectivity index (χ2v) is 7.14. The fraction of sp³-hybridized carbons (Fsp3) is 0.529. The van der Waals surface area contributed by atoms with E-state index in [0.717, 1.165) is 37.5 Å². The number of carbonyl (C=O) groups is 2. The average Bonchev–Trinajstić information content (AvgIpc) is 2.72. The van der Waals surface area contributed by atoms with Crippen molar-refractivity contribution >= 4 is 23.5 Å². The molecule has 0 aliphatic carbocycles. The van der Waals surface area contributed by atoms with Crippen LogP contribution in [0.1, 0.15) is 25.3 Å². The van der Waals surface area contributed by atoms with Crippen LogP contribution in [0.3, 0.4) is 0 Å². The maximum Gasteiger partial charge on any atom is 0.324 e. The number of likely N-dealkylation sites (N-methyl/N-ethyl adjacent to an activating group) is 1. The predicted octanol–water partition coefficient (Wildman–Crippen LogP) is 2.49. The van der Waals surface area contributed by atoms with Gasteiger partial charge in [-0.15, -0.1) is 0 Å². The monoisotopic (exact) mass is 335 g/mol. The van der Waals surface area contributed by atoms with Gasteiger partial charge in [-0.1, -0.05) is 23.7 Å². The fourth-order valence-corrected chi connectivity index (χ4v) is 3.85. The SMILES string of the molecule is CN1C(=O)NC(C)(C2CCCN(Cc3cccc(Cl)c3)C2)C1=O. The van der Waals surface area contributed by atoms with E-state index >= 15 is 0 Å². The first kappa shape index (κ1) is 16.3. The number of carbonyl (C=O) groups excluding carboxylic acids is 2. The number of hydrogen-bond donors (Lipinski definition) is 1. The standard InChI is InChI=1S/C17H22ClN3O2/c1-17(15(22)20(2)16(23)19-17)13-6-4-8-21(11-13)10-12-5-3-7-14(18)9-12/h3,5,7,9,13H,4,6,8,10-11H2,1-2H3,(H,19,23). The molecule has 2 atom stereocenters. The summed E-state index contributed by atoms with van der Waals surface area (Å²) < 4.78 is 0. The third-order valence-electron chi connectivity index (χ3n) is 5.04. The number of halogens is 1. The van der Waals surface area contributed by atoms with Gasteiger partial charge in [0.15, 0.2) is 0 Å².